The molecule has 4 aromatic rings. The standard InChI is InChI=1S/C26H20O4/c1-17-25(28)22-16-20(23(27)14-10-18-8-12-21(29-2)13-9-18)11-15-24(22)30-26(17)19-6-4-3-5-7-19/h3-16H,1-2H3/b14-10+. The quantitative estimate of drug-likeness (QED) is 0.322. The van der Waals surface area contributed by atoms with Crippen LogP contribution in [0.5, 0.6) is 5.75 Å². The molecule has 0 spiro atoms. The van der Waals surface area contributed by atoms with Gasteiger partial charge in [0.15, 0.2) is 11.2 Å². The first-order valence-electron chi connectivity index (χ1n) is 9.56. The largest absolute Gasteiger partial charge is 0.497 e. The van der Waals surface area contributed by atoms with Gasteiger partial charge in [-0.1, -0.05) is 48.5 Å². The van der Waals surface area contributed by atoms with Crippen LogP contribution in [0.2, 0.25) is 0 Å². The number of carbonyl (C=O) groups is 1. The Kier molecular flexibility index (Phi) is 5.31. The van der Waals surface area contributed by atoms with Crippen molar-refractivity contribution in [3.05, 3.63) is 106 Å². The Balaban J connectivity index is 1.67. The number of hydrogen-bond donors (Lipinski definition) is 0. The van der Waals surface area contributed by atoms with Crippen LogP contribution in [0.3, 0.4) is 0 Å². The summed E-state index contributed by atoms with van der Waals surface area (Å²) in [6.45, 7) is 1.74. The number of carbonyl (C=O) groups excluding carboxylic acids is 1. The fourth-order valence-corrected chi connectivity index (χ4v) is 3.29. The molecule has 0 radical (unpaired) electrons. The Hall–Kier alpha value is -3.92. The lowest BCUT2D eigenvalue weighted by Gasteiger charge is -2.08. The van der Waals surface area contributed by atoms with Crippen LogP contribution in [0.1, 0.15) is 21.5 Å². The Morgan fingerprint density at radius 1 is 0.967 bits per heavy atom. The summed E-state index contributed by atoms with van der Waals surface area (Å²) >= 11 is 0. The van der Waals surface area contributed by atoms with Crippen molar-refractivity contribution < 1.29 is 13.9 Å². The first-order chi connectivity index (χ1) is 14.6. The molecule has 0 fully saturated rings. The van der Waals surface area contributed by atoms with E-state index in [0.717, 1.165) is 16.9 Å². The number of benzene rings is 3. The molecule has 4 rings (SSSR count). The molecule has 3 aromatic carbocycles. The van der Waals surface area contributed by atoms with Gasteiger partial charge in [0.1, 0.15) is 17.1 Å². The highest BCUT2D eigenvalue weighted by atomic mass is 16.5. The molecule has 30 heavy (non-hydrogen) atoms. The van der Waals surface area contributed by atoms with E-state index in [2.05, 4.69) is 0 Å². The number of fused-ring (bicyclic) bond motifs is 1. The van der Waals surface area contributed by atoms with Crippen LogP contribution < -0.4 is 10.2 Å². The van der Waals surface area contributed by atoms with Gasteiger partial charge in [0.05, 0.1) is 12.5 Å². The first-order valence-corrected chi connectivity index (χ1v) is 9.56. The minimum Gasteiger partial charge on any atom is -0.497 e. The van der Waals surface area contributed by atoms with Gasteiger partial charge in [-0.05, 0) is 48.9 Å². The molecule has 1 heterocycles. The van der Waals surface area contributed by atoms with Gasteiger partial charge in [-0.15, -0.1) is 0 Å². The fraction of sp³-hybridized carbons (Fsp3) is 0.0769. The molecule has 0 unspecified atom stereocenters. The van der Waals surface area contributed by atoms with Gasteiger partial charge in [0.2, 0.25) is 0 Å². The number of hydrogen-bond acceptors (Lipinski definition) is 4. The smallest absolute Gasteiger partial charge is 0.196 e. The van der Waals surface area contributed by atoms with E-state index in [1.54, 1.807) is 38.3 Å². The zero-order valence-corrected chi connectivity index (χ0v) is 16.7. The van der Waals surface area contributed by atoms with E-state index in [9.17, 15) is 9.59 Å². The molecule has 0 N–H and O–H groups in total. The van der Waals surface area contributed by atoms with Gasteiger partial charge in [-0.25, -0.2) is 0 Å². The summed E-state index contributed by atoms with van der Waals surface area (Å²) in [6, 6.07) is 21.9. The van der Waals surface area contributed by atoms with Crippen molar-refractivity contribution in [1.82, 2.24) is 0 Å². The molecule has 0 aliphatic carbocycles. The molecule has 0 amide bonds. The second-order valence-corrected chi connectivity index (χ2v) is 6.93. The van der Waals surface area contributed by atoms with Gasteiger partial charge in [-0.3, -0.25) is 9.59 Å². The second kappa shape index (κ2) is 8.21. The van der Waals surface area contributed by atoms with Gasteiger partial charge < -0.3 is 9.15 Å². The average molecular weight is 396 g/mol. The molecule has 0 bridgehead atoms. The van der Waals surface area contributed by atoms with E-state index < -0.39 is 0 Å². The number of methoxy groups -OCH3 is 1. The minimum absolute atomic E-state index is 0.135. The number of allylic oxidation sites excluding steroid dienone is 1. The maximum Gasteiger partial charge on any atom is 0.196 e. The van der Waals surface area contributed by atoms with Gasteiger partial charge in [-0.2, -0.15) is 0 Å². The SMILES string of the molecule is COc1ccc(/C=C/C(=O)c2ccc3oc(-c4ccccc4)c(C)c(=O)c3c2)cc1. The lowest BCUT2D eigenvalue weighted by Crippen LogP contribution is -2.08. The average Bonchev–Trinajstić information content (AvgIpc) is 2.80. The third kappa shape index (κ3) is 3.80. The highest BCUT2D eigenvalue weighted by Crippen LogP contribution is 2.26. The summed E-state index contributed by atoms with van der Waals surface area (Å²) in [7, 11) is 1.61. The Morgan fingerprint density at radius 3 is 2.40 bits per heavy atom. The van der Waals surface area contributed by atoms with Crippen LogP contribution in [-0.4, -0.2) is 12.9 Å². The summed E-state index contributed by atoms with van der Waals surface area (Å²) in [5, 5.41) is 0.399. The zero-order chi connectivity index (χ0) is 21.1. The summed E-state index contributed by atoms with van der Waals surface area (Å²) in [4.78, 5) is 25.6. The van der Waals surface area contributed by atoms with Crippen LogP contribution >= 0.6 is 0 Å². The summed E-state index contributed by atoms with van der Waals surface area (Å²) in [5.74, 6) is 1.12. The molecule has 4 nitrogen and oxygen atoms in total. The Labute approximate surface area is 174 Å². The number of ether oxygens (including phenoxy) is 1. The van der Waals surface area contributed by atoms with E-state index in [1.165, 1.54) is 6.08 Å². The molecule has 0 aliphatic rings. The molecular weight excluding hydrogens is 376 g/mol. The first kappa shape index (κ1) is 19.4. The van der Waals surface area contributed by atoms with Crippen LogP contribution in [-0.2, 0) is 0 Å². The minimum atomic E-state index is -0.183. The van der Waals surface area contributed by atoms with Crippen molar-refractivity contribution in [2.45, 2.75) is 6.92 Å². The normalized spacial score (nSPS) is 11.1. The van der Waals surface area contributed by atoms with E-state index >= 15 is 0 Å². The van der Waals surface area contributed by atoms with Crippen molar-refractivity contribution in [1.29, 1.82) is 0 Å². The van der Waals surface area contributed by atoms with Crippen LogP contribution in [0.4, 0.5) is 0 Å². The zero-order valence-electron chi connectivity index (χ0n) is 16.7. The second-order valence-electron chi connectivity index (χ2n) is 6.93. The number of ketones is 1. The summed E-state index contributed by atoms with van der Waals surface area (Å²) in [6.07, 6.45) is 3.23. The predicted molar refractivity (Wildman–Crippen MR) is 119 cm³/mol. The lowest BCUT2D eigenvalue weighted by atomic mass is 10.0. The van der Waals surface area contributed by atoms with Crippen molar-refractivity contribution in [2.75, 3.05) is 7.11 Å². The van der Waals surface area contributed by atoms with E-state index in [4.69, 9.17) is 9.15 Å². The molecule has 148 valence electrons. The molecule has 0 saturated heterocycles. The summed E-state index contributed by atoms with van der Waals surface area (Å²) < 4.78 is 11.1. The van der Waals surface area contributed by atoms with Crippen molar-refractivity contribution in [3.63, 3.8) is 0 Å². The van der Waals surface area contributed by atoms with Gasteiger partial charge >= 0.3 is 0 Å². The topological polar surface area (TPSA) is 56.5 Å². The highest BCUT2D eigenvalue weighted by molar-refractivity contribution is 6.08. The highest BCUT2D eigenvalue weighted by Gasteiger charge is 2.14. The summed E-state index contributed by atoms with van der Waals surface area (Å²) in [5.41, 5.74) is 3.01. The van der Waals surface area contributed by atoms with Crippen molar-refractivity contribution in [3.8, 4) is 17.1 Å². The third-order valence-electron chi connectivity index (χ3n) is 4.98. The van der Waals surface area contributed by atoms with Crippen molar-refractivity contribution in [2.24, 2.45) is 0 Å². The predicted octanol–water partition coefficient (Wildman–Crippen LogP) is 5.67. The molecular formula is C26H20O4. The van der Waals surface area contributed by atoms with Crippen molar-refractivity contribution >= 4 is 22.8 Å². The molecule has 0 atom stereocenters. The monoisotopic (exact) mass is 396 g/mol. The third-order valence-corrected chi connectivity index (χ3v) is 4.98. The maximum atomic E-state index is 12.9. The Morgan fingerprint density at radius 2 is 1.70 bits per heavy atom. The fourth-order valence-electron chi connectivity index (χ4n) is 3.29. The van der Waals surface area contributed by atoms with Crippen LogP contribution in [0, 0.1) is 6.92 Å². The molecule has 0 aliphatic heterocycles. The van der Waals surface area contributed by atoms with Gasteiger partial charge in [0.25, 0.3) is 0 Å². The van der Waals surface area contributed by atoms with Gasteiger partial charge in [0, 0.05) is 16.7 Å². The van der Waals surface area contributed by atoms with Crippen LogP contribution in [0.15, 0.2) is 88.1 Å². The molecule has 1 aromatic heterocycles. The van der Waals surface area contributed by atoms with E-state index in [1.807, 2.05) is 54.6 Å². The van der Waals surface area contributed by atoms with Crippen LogP contribution in [0.25, 0.3) is 28.4 Å². The van der Waals surface area contributed by atoms with E-state index in [0.29, 0.717) is 27.9 Å². The lowest BCUT2D eigenvalue weighted by molar-refractivity contribution is 0.104. The van der Waals surface area contributed by atoms with E-state index in [-0.39, 0.29) is 11.2 Å². The number of rotatable bonds is 5. The maximum absolute atomic E-state index is 12.9. The molecule has 4 heteroatoms. The molecule has 0 saturated carbocycles. The Bertz CT molecular complexity index is 1300.